The number of hydrogen-bond acceptors (Lipinski definition) is 4. The minimum absolute atomic E-state index is 0.121. The molecule has 7 nitrogen and oxygen atoms in total. The summed E-state index contributed by atoms with van der Waals surface area (Å²) in [6.07, 6.45) is -4.09. The van der Waals surface area contributed by atoms with Crippen molar-refractivity contribution < 1.29 is 37.7 Å². The fourth-order valence-electron chi connectivity index (χ4n) is 4.39. The molecule has 2 amide bonds. The Kier molecular flexibility index (Phi) is 7.99. The number of ether oxygens (including phenoxy) is 1. The van der Waals surface area contributed by atoms with Gasteiger partial charge in [0.1, 0.15) is 12.4 Å². The molecule has 4 rings (SSSR count). The molecule has 1 fully saturated rings. The lowest BCUT2D eigenvalue weighted by atomic mass is 9.92. The van der Waals surface area contributed by atoms with Gasteiger partial charge in [0.05, 0.1) is 23.7 Å². The minimum atomic E-state index is -4.63. The minimum Gasteiger partial charge on any atom is -0.491 e. The summed E-state index contributed by atoms with van der Waals surface area (Å²) in [6, 6.07) is 10.4. The second-order valence-corrected chi connectivity index (χ2v) is 9.33. The summed E-state index contributed by atoms with van der Waals surface area (Å²) < 4.78 is 45.5. The van der Waals surface area contributed by atoms with Crippen LogP contribution in [0.15, 0.2) is 48.0 Å². The van der Waals surface area contributed by atoms with E-state index in [0.29, 0.717) is 30.6 Å². The van der Waals surface area contributed by atoms with E-state index >= 15 is 0 Å². The average molecular weight is 539 g/mol. The van der Waals surface area contributed by atoms with Crippen molar-refractivity contribution in [2.24, 2.45) is 0 Å². The van der Waals surface area contributed by atoms with Crippen LogP contribution < -0.4 is 4.74 Å². The fourth-order valence-corrected chi connectivity index (χ4v) is 4.68. The van der Waals surface area contributed by atoms with Crippen LogP contribution in [-0.2, 0) is 17.5 Å². The molecule has 2 aromatic carbocycles. The normalized spacial score (nSPS) is 16.1. The van der Waals surface area contributed by atoms with E-state index in [2.05, 4.69) is 0 Å². The van der Waals surface area contributed by atoms with Crippen molar-refractivity contribution in [1.29, 1.82) is 0 Å². The number of carbonyl (C=O) groups is 2. The lowest BCUT2D eigenvalue weighted by molar-refractivity contribution is -0.137. The van der Waals surface area contributed by atoms with E-state index in [9.17, 15) is 27.9 Å². The van der Waals surface area contributed by atoms with Crippen LogP contribution in [0.3, 0.4) is 0 Å². The summed E-state index contributed by atoms with van der Waals surface area (Å²) in [4.78, 5) is 28.2. The first-order valence-corrected chi connectivity index (χ1v) is 12.2. The van der Waals surface area contributed by atoms with Gasteiger partial charge in [-0.05, 0) is 54.2 Å². The number of aliphatic hydroxyl groups is 1. The molecule has 0 unspecified atom stereocenters. The SMILES string of the molecule is O=C(O)N1CCC(c2ccc(OCCO)cc2)=C(C(=O)N(Cc2cccc(C(F)(F)F)c2Cl)C2CC2)C1. The maximum atomic E-state index is 13.9. The van der Waals surface area contributed by atoms with Crippen LogP contribution in [0.4, 0.5) is 18.0 Å². The van der Waals surface area contributed by atoms with Crippen molar-refractivity contribution in [2.45, 2.75) is 38.0 Å². The predicted molar refractivity (Wildman–Crippen MR) is 130 cm³/mol. The van der Waals surface area contributed by atoms with Gasteiger partial charge in [0.15, 0.2) is 0 Å². The molecule has 1 saturated carbocycles. The third-order valence-electron chi connectivity index (χ3n) is 6.41. The largest absolute Gasteiger partial charge is 0.491 e. The van der Waals surface area contributed by atoms with E-state index in [1.165, 1.54) is 17.0 Å². The van der Waals surface area contributed by atoms with Gasteiger partial charge < -0.3 is 24.7 Å². The zero-order valence-electron chi connectivity index (χ0n) is 19.8. The van der Waals surface area contributed by atoms with Crippen LogP contribution >= 0.6 is 11.6 Å². The lowest BCUT2D eigenvalue weighted by Crippen LogP contribution is -2.42. The highest BCUT2D eigenvalue weighted by atomic mass is 35.5. The summed E-state index contributed by atoms with van der Waals surface area (Å²) in [5.41, 5.74) is 0.894. The van der Waals surface area contributed by atoms with Crippen molar-refractivity contribution in [1.82, 2.24) is 9.80 Å². The maximum Gasteiger partial charge on any atom is 0.417 e. The number of nitrogens with zero attached hydrogens (tertiary/aromatic N) is 2. The molecular formula is C26H26ClF3N2O5. The lowest BCUT2D eigenvalue weighted by Gasteiger charge is -2.32. The van der Waals surface area contributed by atoms with Gasteiger partial charge in [-0.15, -0.1) is 0 Å². The average Bonchev–Trinajstić information content (AvgIpc) is 3.71. The van der Waals surface area contributed by atoms with Crippen LogP contribution in [0.2, 0.25) is 5.02 Å². The highest BCUT2D eigenvalue weighted by Crippen LogP contribution is 2.39. The van der Waals surface area contributed by atoms with Gasteiger partial charge in [-0.1, -0.05) is 35.9 Å². The molecule has 1 aliphatic carbocycles. The molecule has 0 spiro atoms. The smallest absolute Gasteiger partial charge is 0.417 e. The van der Waals surface area contributed by atoms with Gasteiger partial charge in [0, 0.05) is 24.7 Å². The Bertz CT molecular complexity index is 1200. The number of rotatable bonds is 8. The standard InChI is InChI=1S/C26H26ClF3N2O5/c27-23-17(2-1-3-22(23)26(28,29)30)14-32(18-6-7-18)24(34)21-15-31(25(35)36)11-10-20(21)16-4-8-19(9-5-16)37-13-12-33/h1-5,8-9,18,33H,6-7,10-15H2,(H,35,36). The summed E-state index contributed by atoms with van der Waals surface area (Å²) in [6.45, 7) is -0.0553. The number of hydrogen-bond donors (Lipinski definition) is 2. The van der Waals surface area contributed by atoms with Crippen LogP contribution in [-0.4, -0.2) is 64.4 Å². The first kappa shape index (κ1) is 26.8. The molecule has 11 heteroatoms. The van der Waals surface area contributed by atoms with Gasteiger partial charge in [-0.2, -0.15) is 13.2 Å². The quantitative estimate of drug-likeness (QED) is 0.490. The Morgan fingerprint density at radius 1 is 1.14 bits per heavy atom. The van der Waals surface area contributed by atoms with Crippen molar-refractivity contribution in [3.63, 3.8) is 0 Å². The summed E-state index contributed by atoms with van der Waals surface area (Å²) in [7, 11) is 0. The Morgan fingerprint density at radius 2 is 1.84 bits per heavy atom. The predicted octanol–water partition coefficient (Wildman–Crippen LogP) is 5.06. The third kappa shape index (κ3) is 6.19. The number of aliphatic hydroxyl groups excluding tert-OH is 1. The van der Waals surface area contributed by atoms with E-state index in [1.807, 2.05) is 0 Å². The van der Waals surface area contributed by atoms with Crippen LogP contribution in [0.1, 0.15) is 36.0 Å². The molecular weight excluding hydrogens is 513 g/mol. The molecule has 2 aromatic rings. The maximum absolute atomic E-state index is 13.9. The topological polar surface area (TPSA) is 90.3 Å². The Balaban J connectivity index is 1.69. The highest BCUT2D eigenvalue weighted by molar-refractivity contribution is 6.32. The molecule has 1 heterocycles. The van der Waals surface area contributed by atoms with Crippen molar-refractivity contribution >= 4 is 29.2 Å². The highest BCUT2D eigenvalue weighted by Gasteiger charge is 2.39. The molecule has 0 radical (unpaired) electrons. The summed E-state index contributed by atoms with van der Waals surface area (Å²) in [5, 5.41) is 18.1. The van der Waals surface area contributed by atoms with Gasteiger partial charge in [0.25, 0.3) is 5.91 Å². The Morgan fingerprint density at radius 3 is 2.43 bits per heavy atom. The monoisotopic (exact) mass is 538 g/mol. The number of carbonyl (C=O) groups excluding carboxylic acids is 1. The molecule has 0 bridgehead atoms. The van der Waals surface area contributed by atoms with E-state index in [4.69, 9.17) is 21.4 Å². The second-order valence-electron chi connectivity index (χ2n) is 8.95. The number of benzene rings is 2. The van der Waals surface area contributed by atoms with Gasteiger partial charge in [0.2, 0.25) is 0 Å². The molecule has 1 aliphatic heterocycles. The van der Waals surface area contributed by atoms with Gasteiger partial charge in [-0.3, -0.25) is 4.79 Å². The Hall–Kier alpha value is -3.24. The van der Waals surface area contributed by atoms with Crippen LogP contribution in [0.25, 0.3) is 5.57 Å². The van der Waals surface area contributed by atoms with E-state index in [0.717, 1.165) is 16.5 Å². The molecule has 37 heavy (non-hydrogen) atoms. The molecule has 0 aromatic heterocycles. The number of amides is 2. The van der Waals surface area contributed by atoms with E-state index in [-0.39, 0.29) is 50.0 Å². The molecule has 2 aliphatic rings. The van der Waals surface area contributed by atoms with E-state index in [1.54, 1.807) is 24.3 Å². The van der Waals surface area contributed by atoms with Crippen molar-refractivity contribution in [3.05, 3.63) is 69.8 Å². The second kappa shape index (κ2) is 11.0. The summed E-state index contributed by atoms with van der Waals surface area (Å²) >= 11 is 6.11. The fraction of sp³-hybridized carbons (Fsp3) is 0.385. The molecule has 0 saturated heterocycles. The molecule has 2 N–H and O–H groups in total. The van der Waals surface area contributed by atoms with Gasteiger partial charge in [-0.25, -0.2) is 4.79 Å². The Labute approximate surface area is 216 Å². The van der Waals surface area contributed by atoms with Crippen LogP contribution in [0, 0.1) is 0 Å². The zero-order chi connectivity index (χ0) is 26.7. The summed E-state index contributed by atoms with van der Waals surface area (Å²) in [5.74, 6) is 0.116. The first-order valence-electron chi connectivity index (χ1n) is 11.8. The van der Waals surface area contributed by atoms with Gasteiger partial charge >= 0.3 is 12.3 Å². The number of halogens is 4. The van der Waals surface area contributed by atoms with E-state index < -0.39 is 28.8 Å². The van der Waals surface area contributed by atoms with Crippen molar-refractivity contribution in [2.75, 3.05) is 26.3 Å². The van der Waals surface area contributed by atoms with Crippen LogP contribution in [0.5, 0.6) is 5.75 Å². The first-order chi connectivity index (χ1) is 17.6. The zero-order valence-corrected chi connectivity index (χ0v) is 20.6. The van der Waals surface area contributed by atoms with Crippen molar-refractivity contribution in [3.8, 4) is 5.75 Å². The number of alkyl halides is 3. The molecule has 198 valence electrons. The molecule has 0 atom stereocenters. The number of carboxylic acid groups (broad SMARTS) is 1. The third-order valence-corrected chi connectivity index (χ3v) is 6.86.